The van der Waals surface area contributed by atoms with Crippen molar-refractivity contribution in [2.45, 2.75) is 63.5 Å². The van der Waals surface area contributed by atoms with Crippen LogP contribution >= 0.6 is 0 Å². The van der Waals surface area contributed by atoms with Gasteiger partial charge in [0.05, 0.1) is 0 Å². The van der Waals surface area contributed by atoms with Crippen LogP contribution in [0.1, 0.15) is 51.4 Å². The lowest BCUT2D eigenvalue weighted by Crippen LogP contribution is -2.40. The van der Waals surface area contributed by atoms with Crippen LogP contribution in [0.2, 0.25) is 0 Å². The van der Waals surface area contributed by atoms with Crippen LogP contribution in [0.15, 0.2) is 0 Å². The molecule has 2 atom stereocenters. The van der Waals surface area contributed by atoms with Crippen molar-refractivity contribution in [1.29, 1.82) is 0 Å². The monoisotopic (exact) mass is 210 g/mol. The molecule has 2 rings (SSSR count). The van der Waals surface area contributed by atoms with Gasteiger partial charge in [-0.15, -0.1) is 0 Å². The molecule has 2 unspecified atom stereocenters. The van der Waals surface area contributed by atoms with Gasteiger partial charge in [-0.1, -0.05) is 19.3 Å². The van der Waals surface area contributed by atoms with E-state index in [1.807, 2.05) is 0 Å². The maximum absolute atomic E-state index is 3.62. The van der Waals surface area contributed by atoms with Crippen LogP contribution in [0.3, 0.4) is 0 Å². The molecule has 2 nitrogen and oxygen atoms in total. The SMILES string of the molecule is CNC(CC1CCCN1)C1CCCCC1. The summed E-state index contributed by atoms with van der Waals surface area (Å²) in [4.78, 5) is 0. The van der Waals surface area contributed by atoms with E-state index >= 15 is 0 Å². The molecule has 88 valence electrons. The van der Waals surface area contributed by atoms with Gasteiger partial charge in [0.25, 0.3) is 0 Å². The Kier molecular flexibility index (Phi) is 4.45. The minimum absolute atomic E-state index is 0.765. The highest BCUT2D eigenvalue weighted by atomic mass is 15.0. The van der Waals surface area contributed by atoms with Gasteiger partial charge in [0.1, 0.15) is 0 Å². The molecule has 2 fully saturated rings. The van der Waals surface area contributed by atoms with Crippen molar-refractivity contribution >= 4 is 0 Å². The Morgan fingerprint density at radius 3 is 2.53 bits per heavy atom. The van der Waals surface area contributed by atoms with Crippen LogP contribution in [0, 0.1) is 5.92 Å². The quantitative estimate of drug-likeness (QED) is 0.744. The van der Waals surface area contributed by atoms with Crippen molar-refractivity contribution in [2.75, 3.05) is 13.6 Å². The Morgan fingerprint density at radius 1 is 1.13 bits per heavy atom. The zero-order valence-electron chi connectivity index (χ0n) is 10.1. The van der Waals surface area contributed by atoms with Crippen LogP contribution in [-0.2, 0) is 0 Å². The molecule has 2 heteroatoms. The lowest BCUT2D eigenvalue weighted by Gasteiger charge is -2.31. The Labute approximate surface area is 94.2 Å². The molecule has 0 bridgehead atoms. The summed E-state index contributed by atoms with van der Waals surface area (Å²) < 4.78 is 0. The maximum Gasteiger partial charge on any atom is 0.0107 e. The fourth-order valence-electron chi connectivity index (χ4n) is 3.35. The molecule has 0 aromatic carbocycles. The van der Waals surface area contributed by atoms with Crippen LogP contribution in [0.4, 0.5) is 0 Å². The molecule has 15 heavy (non-hydrogen) atoms. The topological polar surface area (TPSA) is 24.1 Å². The largest absolute Gasteiger partial charge is 0.317 e. The molecule has 0 radical (unpaired) electrons. The van der Waals surface area contributed by atoms with E-state index in [0.717, 1.165) is 18.0 Å². The molecule has 0 aromatic rings. The molecular weight excluding hydrogens is 184 g/mol. The van der Waals surface area contributed by atoms with E-state index in [1.165, 1.54) is 57.9 Å². The number of nitrogens with one attached hydrogen (secondary N) is 2. The first-order valence-electron chi connectivity index (χ1n) is 6.81. The highest BCUT2D eigenvalue weighted by Crippen LogP contribution is 2.29. The first kappa shape index (κ1) is 11.4. The van der Waals surface area contributed by atoms with Crippen molar-refractivity contribution in [3.05, 3.63) is 0 Å². The Balaban J connectivity index is 1.79. The summed E-state index contributed by atoms with van der Waals surface area (Å²) in [5.74, 6) is 0.950. The van der Waals surface area contributed by atoms with E-state index in [-0.39, 0.29) is 0 Å². The van der Waals surface area contributed by atoms with E-state index in [0.29, 0.717) is 0 Å². The standard InChI is InChI=1S/C13H26N2/c1-14-13(10-12-8-5-9-15-12)11-6-3-2-4-7-11/h11-15H,2-10H2,1H3. The van der Waals surface area contributed by atoms with E-state index in [2.05, 4.69) is 17.7 Å². The maximum atomic E-state index is 3.62. The van der Waals surface area contributed by atoms with Crippen LogP contribution in [0.25, 0.3) is 0 Å². The minimum atomic E-state index is 0.765. The molecule has 1 saturated carbocycles. The summed E-state index contributed by atoms with van der Waals surface area (Å²) in [6.07, 6.45) is 11.4. The summed E-state index contributed by atoms with van der Waals surface area (Å²) in [5.41, 5.74) is 0. The van der Waals surface area contributed by atoms with Gasteiger partial charge in [-0.25, -0.2) is 0 Å². The fraction of sp³-hybridized carbons (Fsp3) is 1.00. The lowest BCUT2D eigenvalue weighted by molar-refractivity contribution is 0.253. The average molecular weight is 210 g/mol. The highest BCUT2D eigenvalue weighted by Gasteiger charge is 2.26. The molecule has 1 aliphatic carbocycles. The first-order chi connectivity index (χ1) is 7.40. The molecule has 0 aromatic heterocycles. The summed E-state index contributed by atoms with van der Waals surface area (Å²) in [6.45, 7) is 1.24. The van der Waals surface area contributed by atoms with Crippen LogP contribution in [-0.4, -0.2) is 25.7 Å². The van der Waals surface area contributed by atoms with Gasteiger partial charge < -0.3 is 10.6 Å². The average Bonchev–Trinajstić information content (AvgIpc) is 2.80. The predicted octanol–water partition coefficient (Wildman–Crippen LogP) is 2.30. The first-order valence-corrected chi connectivity index (χ1v) is 6.81. The third-order valence-corrected chi connectivity index (χ3v) is 4.29. The van der Waals surface area contributed by atoms with Gasteiger partial charge >= 0.3 is 0 Å². The summed E-state index contributed by atoms with van der Waals surface area (Å²) in [6, 6.07) is 1.56. The lowest BCUT2D eigenvalue weighted by atomic mass is 9.81. The minimum Gasteiger partial charge on any atom is -0.317 e. The van der Waals surface area contributed by atoms with E-state index in [4.69, 9.17) is 0 Å². The van der Waals surface area contributed by atoms with Crippen molar-refractivity contribution < 1.29 is 0 Å². The van der Waals surface area contributed by atoms with Crippen molar-refractivity contribution in [3.63, 3.8) is 0 Å². The van der Waals surface area contributed by atoms with E-state index in [1.54, 1.807) is 0 Å². The molecule has 2 N–H and O–H groups in total. The second-order valence-electron chi connectivity index (χ2n) is 5.32. The predicted molar refractivity (Wildman–Crippen MR) is 65.1 cm³/mol. The van der Waals surface area contributed by atoms with Crippen molar-refractivity contribution in [3.8, 4) is 0 Å². The van der Waals surface area contributed by atoms with Crippen LogP contribution < -0.4 is 10.6 Å². The number of rotatable bonds is 4. The molecular formula is C13H26N2. The normalized spacial score (nSPS) is 30.6. The summed E-state index contributed by atoms with van der Waals surface area (Å²) in [7, 11) is 2.15. The van der Waals surface area contributed by atoms with Gasteiger partial charge in [-0.05, 0) is 51.6 Å². The molecule has 1 aliphatic heterocycles. The molecule has 0 amide bonds. The van der Waals surface area contributed by atoms with E-state index in [9.17, 15) is 0 Å². The van der Waals surface area contributed by atoms with Crippen LogP contribution in [0.5, 0.6) is 0 Å². The van der Waals surface area contributed by atoms with Gasteiger partial charge in [-0.3, -0.25) is 0 Å². The van der Waals surface area contributed by atoms with Gasteiger partial charge in [0.2, 0.25) is 0 Å². The molecule has 2 aliphatic rings. The zero-order valence-corrected chi connectivity index (χ0v) is 10.1. The van der Waals surface area contributed by atoms with Crippen molar-refractivity contribution in [2.24, 2.45) is 5.92 Å². The highest BCUT2D eigenvalue weighted by molar-refractivity contribution is 4.85. The summed E-state index contributed by atoms with van der Waals surface area (Å²) in [5, 5.41) is 7.18. The Bertz CT molecular complexity index is 169. The van der Waals surface area contributed by atoms with Gasteiger partial charge in [0.15, 0.2) is 0 Å². The number of hydrogen-bond acceptors (Lipinski definition) is 2. The zero-order chi connectivity index (χ0) is 10.5. The number of hydrogen-bond donors (Lipinski definition) is 2. The molecule has 1 heterocycles. The Hall–Kier alpha value is -0.0800. The fourth-order valence-corrected chi connectivity index (χ4v) is 3.35. The second-order valence-corrected chi connectivity index (χ2v) is 5.32. The smallest absolute Gasteiger partial charge is 0.0107 e. The Morgan fingerprint density at radius 2 is 1.93 bits per heavy atom. The molecule has 1 saturated heterocycles. The molecule has 0 spiro atoms. The second kappa shape index (κ2) is 5.86. The van der Waals surface area contributed by atoms with Crippen molar-refractivity contribution in [1.82, 2.24) is 10.6 Å². The van der Waals surface area contributed by atoms with Gasteiger partial charge in [-0.2, -0.15) is 0 Å². The summed E-state index contributed by atoms with van der Waals surface area (Å²) >= 11 is 0. The van der Waals surface area contributed by atoms with E-state index < -0.39 is 0 Å². The van der Waals surface area contributed by atoms with Gasteiger partial charge in [0, 0.05) is 12.1 Å². The third-order valence-electron chi connectivity index (χ3n) is 4.29. The third kappa shape index (κ3) is 3.18.